The van der Waals surface area contributed by atoms with E-state index in [0.717, 1.165) is 11.1 Å². The summed E-state index contributed by atoms with van der Waals surface area (Å²) in [5.41, 5.74) is 8.10. The number of nitrogens with two attached hydrogens (primary N) is 1. The Bertz CT molecular complexity index is 1330. The van der Waals surface area contributed by atoms with Crippen molar-refractivity contribution in [2.24, 2.45) is 5.73 Å². The zero-order valence-corrected chi connectivity index (χ0v) is 17.8. The van der Waals surface area contributed by atoms with Crippen molar-refractivity contribution in [1.29, 1.82) is 0 Å². The van der Waals surface area contributed by atoms with E-state index in [4.69, 9.17) is 15.2 Å². The van der Waals surface area contributed by atoms with Crippen molar-refractivity contribution in [2.45, 2.75) is 18.0 Å². The van der Waals surface area contributed by atoms with Gasteiger partial charge in [-0.25, -0.2) is 8.42 Å². The molecule has 0 bridgehead atoms. The summed E-state index contributed by atoms with van der Waals surface area (Å²) in [6.45, 7) is 0.909. The van der Waals surface area contributed by atoms with Crippen LogP contribution in [0.15, 0.2) is 53.7 Å². The molecule has 0 unspecified atom stereocenters. The van der Waals surface area contributed by atoms with Gasteiger partial charge in [-0.05, 0) is 29.8 Å². The molecule has 0 radical (unpaired) electrons. The molecule has 0 amide bonds. The number of fused-ring (bicyclic) bond motifs is 1. The molecular formula is C20H22N6O4S. The van der Waals surface area contributed by atoms with E-state index < -0.39 is 10.0 Å². The van der Waals surface area contributed by atoms with Crippen LogP contribution in [0.5, 0.6) is 11.5 Å². The minimum Gasteiger partial charge on any atom is -0.496 e. The zero-order valence-electron chi connectivity index (χ0n) is 17.0. The molecule has 162 valence electrons. The SMILES string of the molecule is COc1ccccc1S(=O)(=O)Nc1n[nH]c2cc(Cn3cc(CN)cn3)cc(OC)c12. The molecule has 0 aliphatic carbocycles. The van der Waals surface area contributed by atoms with Crippen molar-refractivity contribution in [3.63, 3.8) is 0 Å². The number of rotatable bonds is 8. The molecule has 0 saturated carbocycles. The van der Waals surface area contributed by atoms with Gasteiger partial charge < -0.3 is 15.2 Å². The lowest BCUT2D eigenvalue weighted by Gasteiger charge is -2.11. The number of ether oxygens (including phenoxy) is 2. The number of aromatic amines is 1. The minimum atomic E-state index is -3.94. The minimum absolute atomic E-state index is 0.0126. The Morgan fingerprint density at radius 1 is 1.13 bits per heavy atom. The van der Waals surface area contributed by atoms with E-state index in [9.17, 15) is 8.42 Å². The molecule has 4 N–H and O–H groups in total. The molecule has 11 heteroatoms. The summed E-state index contributed by atoms with van der Waals surface area (Å²) >= 11 is 0. The molecule has 0 spiro atoms. The van der Waals surface area contributed by atoms with E-state index in [1.54, 1.807) is 29.1 Å². The standard InChI is InChI=1S/C20H22N6O4S/c1-29-16-5-3-4-6-18(16)31(27,28)25-20-19-15(23-24-20)7-13(8-17(19)30-2)11-26-12-14(9-21)10-22-26/h3-8,10,12H,9,11,21H2,1-2H3,(H2,23,24,25). The highest BCUT2D eigenvalue weighted by molar-refractivity contribution is 7.92. The van der Waals surface area contributed by atoms with Crippen LogP contribution in [0.4, 0.5) is 5.82 Å². The monoisotopic (exact) mass is 442 g/mol. The maximum Gasteiger partial charge on any atom is 0.266 e. The molecule has 2 aromatic heterocycles. The third-order valence-corrected chi connectivity index (χ3v) is 6.14. The van der Waals surface area contributed by atoms with Crippen LogP contribution < -0.4 is 19.9 Å². The van der Waals surface area contributed by atoms with E-state index >= 15 is 0 Å². The van der Waals surface area contributed by atoms with Crippen LogP contribution in [-0.2, 0) is 23.1 Å². The summed E-state index contributed by atoms with van der Waals surface area (Å²) in [7, 11) is -1.01. The van der Waals surface area contributed by atoms with Gasteiger partial charge >= 0.3 is 0 Å². The Hall–Kier alpha value is -3.57. The molecule has 31 heavy (non-hydrogen) atoms. The third-order valence-electron chi connectivity index (χ3n) is 4.76. The lowest BCUT2D eigenvalue weighted by Crippen LogP contribution is -2.14. The number of hydrogen-bond donors (Lipinski definition) is 3. The van der Waals surface area contributed by atoms with Gasteiger partial charge in [0.1, 0.15) is 16.4 Å². The molecule has 2 heterocycles. The number of aromatic nitrogens is 4. The van der Waals surface area contributed by atoms with Crippen LogP contribution in [-0.4, -0.2) is 42.6 Å². The van der Waals surface area contributed by atoms with E-state index in [2.05, 4.69) is 20.0 Å². The van der Waals surface area contributed by atoms with Crippen LogP contribution in [0.1, 0.15) is 11.1 Å². The zero-order chi connectivity index (χ0) is 22.0. The summed E-state index contributed by atoms with van der Waals surface area (Å²) < 4.78 is 40.9. The summed E-state index contributed by atoms with van der Waals surface area (Å²) in [6, 6.07) is 10.1. The molecule has 0 saturated heterocycles. The number of H-pyrrole nitrogens is 1. The molecule has 4 rings (SSSR count). The van der Waals surface area contributed by atoms with Crippen LogP contribution in [0, 0.1) is 0 Å². The second kappa shape index (κ2) is 8.28. The second-order valence-electron chi connectivity index (χ2n) is 6.80. The Labute approximate surface area is 179 Å². The van der Waals surface area contributed by atoms with Crippen LogP contribution in [0.2, 0.25) is 0 Å². The van der Waals surface area contributed by atoms with Crippen molar-refractivity contribution in [3.05, 3.63) is 59.9 Å². The molecule has 0 aliphatic heterocycles. The Balaban J connectivity index is 1.70. The molecule has 0 fully saturated rings. The van der Waals surface area contributed by atoms with Gasteiger partial charge in [0, 0.05) is 18.3 Å². The maximum absolute atomic E-state index is 13.0. The van der Waals surface area contributed by atoms with Crippen molar-refractivity contribution in [3.8, 4) is 11.5 Å². The highest BCUT2D eigenvalue weighted by Crippen LogP contribution is 2.34. The number of nitrogens with one attached hydrogen (secondary N) is 2. The number of methoxy groups -OCH3 is 2. The fourth-order valence-corrected chi connectivity index (χ4v) is 4.50. The Morgan fingerprint density at radius 2 is 1.90 bits per heavy atom. The highest BCUT2D eigenvalue weighted by atomic mass is 32.2. The summed E-state index contributed by atoms with van der Waals surface area (Å²) in [5, 5.41) is 11.8. The molecular weight excluding hydrogens is 420 g/mol. The van der Waals surface area contributed by atoms with E-state index in [1.807, 2.05) is 18.3 Å². The summed E-state index contributed by atoms with van der Waals surface area (Å²) in [5.74, 6) is 0.846. The normalized spacial score (nSPS) is 11.6. The summed E-state index contributed by atoms with van der Waals surface area (Å²) in [4.78, 5) is 0.0126. The first-order chi connectivity index (χ1) is 14.9. The lowest BCUT2D eigenvalue weighted by atomic mass is 10.1. The first kappa shape index (κ1) is 20.7. The molecule has 2 aromatic carbocycles. The first-order valence-electron chi connectivity index (χ1n) is 9.37. The first-order valence-corrected chi connectivity index (χ1v) is 10.9. The van der Waals surface area contributed by atoms with Gasteiger partial charge in [-0.2, -0.15) is 10.2 Å². The van der Waals surface area contributed by atoms with Crippen molar-refractivity contribution in [1.82, 2.24) is 20.0 Å². The number of para-hydroxylation sites is 1. The number of sulfonamides is 1. The smallest absolute Gasteiger partial charge is 0.266 e. The average Bonchev–Trinajstić information content (AvgIpc) is 3.39. The van der Waals surface area contributed by atoms with Crippen LogP contribution in [0.25, 0.3) is 10.9 Å². The van der Waals surface area contributed by atoms with Gasteiger partial charge in [0.05, 0.1) is 37.9 Å². The van der Waals surface area contributed by atoms with E-state index in [-0.39, 0.29) is 16.5 Å². The van der Waals surface area contributed by atoms with Gasteiger partial charge in [0.2, 0.25) is 0 Å². The Kier molecular flexibility index (Phi) is 5.53. The predicted octanol–water partition coefficient (Wildman–Crippen LogP) is 2.08. The van der Waals surface area contributed by atoms with Gasteiger partial charge in [0.25, 0.3) is 10.0 Å². The Morgan fingerprint density at radius 3 is 2.61 bits per heavy atom. The second-order valence-corrected chi connectivity index (χ2v) is 8.45. The van der Waals surface area contributed by atoms with Gasteiger partial charge in [-0.3, -0.25) is 14.5 Å². The third kappa shape index (κ3) is 4.05. The average molecular weight is 443 g/mol. The number of benzene rings is 2. The van der Waals surface area contributed by atoms with E-state index in [1.165, 1.54) is 20.3 Å². The van der Waals surface area contributed by atoms with Crippen LogP contribution >= 0.6 is 0 Å². The number of hydrogen-bond acceptors (Lipinski definition) is 7. The van der Waals surface area contributed by atoms with Crippen molar-refractivity contribution in [2.75, 3.05) is 18.9 Å². The fraction of sp³-hybridized carbons (Fsp3) is 0.200. The maximum atomic E-state index is 13.0. The van der Waals surface area contributed by atoms with Gasteiger partial charge in [-0.15, -0.1) is 0 Å². The topological polar surface area (TPSA) is 137 Å². The molecule has 4 aromatic rings. The van der Waals surface area contributed by atoms with Crippen LogP contribution in [0.3, 0.4) is 0 Å². The quantitative estimate of drug-likeness (QED) is 0.380. The lowest BCUT2D eigenvalue weighted by molar-refractivity contribution is 0.403. The van der Waals surface area contributed by atoms with Gasteiger partial charge in [-0.1, -0.05) is 12.1 Å². The predicted molar refractivity (Wildman–Crippen MR) is 116 cm³/mol. The van der Waals surface area contributed by atoms with Gasteiger partial charge in [0.15, 0.2) is 5.82 Å². The number of anilines is 1. The largest absolute Gasteiger partial charge is 0.496 e. The highest BCUT2D eigenvalue weighted by Gasteiger charge is 2.23. The fourth-order valence-electron chi connectivity index (χ4n) is 3.31. The van der Waals surface area contributed by atoms with E-state index in [0.29, 0.717) is 29.7 Å². The molecule has 10 nitrogen and oxygen atoms in total. The van der Waals surface area contributed by atoms with Crippen molar-refractivity contribution >= 4 is 26.7 Å². The number of nitrogens with zero attached hydrogens (tertiary/aromatic N) is 3. The summed E-state index contributed by atoms with van der Waals surface area (Å²) in [6.07, 6.45) is 3.59. The molecule has 0 aliphatic rings. The molecule has 0 atom stereocenters. The van der Waals surface area contributed by atoms with Crippen molar-refractivity contribution < 1.29 is 17.9 Å².